The Morgan fingerprint density at radius 3 is 2.83 bits per heavy atom. The number of hydrogen-bond donors (Lipinski definition) is 0. The molecule has 2 amide bonds. The standard InChI is InChI=1S/C15H24N4O3S/c1-11-16-12(10-23-11)7-18(3)15(21)13-8-17(2)5-6-19(13)14(20)9-22-4/h10,13H,5-9H2,1-4H3. The van der Waals surface area contributed by atoms with Gasteiger partial charge in [-0.05, 0) is 14.0 Å². The summed E-state index contributed by atoms with van der Waals surface area (Å²) in [5.41, 5.74) is 0.877. The van der Waals surface area contributed by atoms with Crippen molar-refractivity contribution in [3.05, 3.63) is 16.1 Å². The van der Waals surface area contributed by atoms with Crippen molar-refractivity contribution in [2.75, 3.05) is 47.4 Å². The second-order valence-corrected chi connectivity index (χ2v) is 6.91. The van der Waals surface area contributed by atoms with Gasteiger partial charge >= 0.3 is 0 Å². The fourth-order valence-corrected chi connectivity index (χ4v) is 3.30. The average molecular weight is 340 g/mol. The molecule has 2 rings (SSSR count). The van der Waals surface area contributed by atoms with Crippen molar-refractivity contribution >= 4 is 23.2 Å². The molecule has 0 aromatic carbocycles. The van der Waals surface area contributed by atoms with Crippen LogP contribution in [0.25, 0.3) is 0 Å². The minimum absolute atomic E-state index is 0.00247. The van der Waals surface area contributed by atoms with Crippen LogP contribution in [0.3, 0.4) is 0 Å². The van der Waals surface area contributed by atoms with E-state index in [1.54, 1.807) is 28.2 Å². The zero-order valence-corrected chi connectivity index (χ0v) is 14.9. The number of likely N-dealkylation sites (N-methyl/N-ethyl adjacent to an activating group) is 2. The molecule has 1 aliphatic rings. The van der Waals surface area contributed by atoms with Crippen LogP contribution in [0.15, 0.2) is 5.38 Å². The van der Waals surface area contributed by atoms with Gasteiger partial charge in [0.05, 0.1) is 17.2 Å². The van der Waals surface area contributed by atoms with Crippen LogP contribution in [-0.2, 0) is 20.9 Å². The molecule has 1 aliphatic heterocycles. The Hall–Kier alpha value is -1.51. The third kappa shape index (κ3) is 4.49. The van der Waals surface area contributed by atoms with Crippen molar-refractivity contribution in [1.29, 1.82) is 0 Å². The number of aromatic nitrogens is 1. The van der Waals surface area contributed by atoms with E-state index in [1.165, 1.54) is 7.11 Å². The fourth-order valence-electron chi connectivity index (χ4n) is 2.69. The number of hydrogen-bond acceptors (Lipinski definition) is 6. The smallest absolute Gasteiger partial charge is 0.249 e. The Morgan fingerprint density at radius 1 is 1.48 bits per heavy atom. The van der Waals surface area contributed by atoms with Gasteiger partial charge in [-0.15, -0.1) is 11.3 Å². The molecule has 0 spiro atoms. The first-order chi connectivity index (χ1) is 10.9. The summed E-state index contributed by atoms with van der Waals surface area (Å²) in [6, 6.07) is -0.471. The summed E-state index contributed by atoms with van der Waals surface area (Å²) in [6.45, 7) is 4.23. The largest absolute Gasteiger partial charge is 0.375 e. The van der Waals surface area contributed by atoms with E-state index >= 15 is 0 Å². The Balaban J connectivity index is 2.07. The number of carbonyl (C=O) groups excluding carboxylic acids is 2. The van der Waals surface area contributed by atoms with Gasteiger partial charge in [0.15, 0.2) is 0 Å². The first-order valence-corrected chi connectivity index (χ1v) is 8.43. The van der Waals surface area contributed by atoms with E-state index < -0.39 is 6.04 Å². The van der Waals surface area contributed by atoms with Gasteiger partial charge in [0, 0.05) is 39.2 Å². The summed E-state index contributed by atoms with van der Waals surface area (Å²) in [6.07, 6.45) is 0. The molecule has 0 N–H and O–H groups in total. The highest BCUT2D eigenvalue weighted by atomic mass is 32.1. The molecule has 1 aromatic rings. The minimum Gasteiger partial charge on any atom is -0.375 e. The van der Waals surface area contributed by atoms with E-state index in [0.29, 0.717) is 19.6 Å². The van der Waals surface area contributed by atoms with Gasteiger partial charge in [-0.2, -0.15) is 0 Å². The van der Waals surface area contributed by atoms with E-state index in [1.807, 2.05) is 19.4 Å². The molecule has 0 bridgehead atoms. The first kappa shape index (κ1) is 17.8. The second kappa shape index (κ2) is 7.85. The highest BCUT2D eigenvalue weighted by Gasteiger charge is 2.35. The van der Waals surface area contributed by atoms with Gasteiger partial charge in [-0.3, -0.25) is 9.59 Å². The molecular formula is C15H24N4O3S. The number of ether oxygens (including phenoxy) is 1. The number of rotatable bonds is 5. The topological polar surface area (TPSA) is 66.0 Å². The summed E-state index contributed by atoms with van der Waals surface area (Å²) in [5, 5.41) is 2.94. The van der Waals surface area contributed by atoms with Crippen LogP contribution in [0.5, 0.6) is 0 Å². The normalized spacial score (nSPS) is 19.0. The molecule has 1 saturated heterocycles. The van der Waals surface area contributed by atoms with Crippen LogP contribution in [0.4, 0.5) is 0 Å². The number of methoxy groups -OCH3 is 1. The van der Waals surface area contributed by atoms with E-state index in [0.717, 1.165) is 17.2 Å². The van der Waals surface area contributed by atoms with Gasteiger partial charge < -0.3 is 19.4 Å². The third-order valence-electron chi connectivity index (χ3n) is 3.90. The number of amides is 2. The van der Waals surface area contributed by atoms with Crippen molar-refractivity contribution < 1.29 is 14.3 Å². The number of piperazine rings is 1. The summed E-state index contributed by atoms with van der Waals surface area (Å²) in [4.78, 5) is 34.8. The Labute approximate surface area is 140 Å². The molecule has 0 saturated carbocycles. The van der Waals surface area contributed by atoms with Crippen LogP contribution < -0.4 is 0 Å². The number of aryl methyl sites for hydroxylation is 1. The SMILES string of the molecule is COCC(=O)N1CCN(C)CC1C(=O)N(C)Cc1csc(C)n1. The van der Waals surface area contributed by atoms with Crippen molar-refractivity contribution in [3.8, 4) is 0 Å². The predicted octanol–water partition coefficient (Wildman–Crippen LogP) is 0.199. The molecule has 128 valence electrons. The molecule has 7 nitrogen and oxygen atoms in total. The Kier molecular flexibility index (Phi) is 6.09. The number of nitrogens with zero attached hydrogens (tertiary/aromatic N) is 4. The van der Waals surface area contributed by atoms with Gasteiger partial charge in [0.1, 0.15) is 12.6 Å². The maximum absolute atomic E-state index is 12.8. The highest BCUT2D eigenvalue weighted by Crippen LogP contribution is 2.15. The van der Waals surface area contributed by atoms with Gasteiger partial charge in [0.2, 0.25) is 11.8 Å². The molecule has 0 aliphatic carbocycles. The van der Waals surface area contributed by atoms with Crippen molar-refractivity contribution in [3.63, 3.8) is 0 Å². The monoisotopic (exact) mass is 340 g/mol. The molecule has 23 heavy (non-hydrogen) atoms. The molecule has 1 unspecified atom stereocenters. The van der Waals surface area contributed by atoms with Crippen LogP contribution >= 0.6 is 11.3 Å². The lowest BCUT2D eigenvalue weighted by molar-refractivity contribution is -0.150. The third-order valence-corrected chi connectivity index (χ3v) is 4.72. The van der Waals surface area contributed by atoms with Crippen LogP contribution in [0, 0.1) is 6.92 Å². The molecule has 1 aromatic heterocycles. The zero-order chi connectivity index (χ0) is 17.0. The summed E-state index contributed by atoms with van der Waals surface area (Å²) >= 11 is 1.57. The van der Waals surface area contributed by atoms with Gasteiger partial charge in [0.25, 0.3) is 0 Å². The molecular weight excluding hydrogens is 316 g/mol. The molecule has 0 radical (unpaired) electrons. The van der Waals surface area contributed by atoms with Crippen LogP contribution in [0.1, 0.15) is 10.7 Å². The number of thiazole rings is 1. The quantitative estimate of drug-likeness (QED) is 0.766. The van der Waals surface area contributed by atoms with Gasteiger partial charge in [-0.25, -0.2) is 4.98 Å². The van der Waals surface area contributed by atoms with Crippen LogP contribution in [-0.4, -0.2) is 85.0 Å². The maximum Gasteiger partial charge on any atom is 0.249 e. The summed E-state index contributed by atoms with van der Waals surface area (Å²) in [5.74, 6) is -0.205. The van der Waals surface area contributed by atoms with Crippen molar-refractivity contribution in [2.45, 2.75) is 19.5 Å². The van der Waals surface area contributed by atoms with Crippen LogP contribution in [0.2, 0.25) is 0 Å². The Morgan fingerprint density at radius 2 is 2.22 bits per heavy atom. The lowest BCUT2D eigenvalue weighted by atomic mass is 10.1. The lowest BCUT2D eigenvalue weighted by Crippen LogP contribution is -2.60. The minimum atomic E-state index is -0.471. The zero-order valence-electron chi connectivity index (χ0n) is 14.1. The molecule has 1 fully saturated rings. The Bertz CT molecular complexity index is 563. The maximum atomic E-state index is 12.8. The molecule has 2 heterocycles. The van der Waals surface area contributed by atoms with E-state index in [9.17, 15) is 9.59 Å². The van der Waals surface area contributed by atoms with Crippen molar-refractivity contribution in [2.24, 2.45) is 0 Å². The van der Waals surface area contributed by atoms with Gasteiger partial charge in [-0.1, -0.05) is 0 Å². The van der Waals surface area contributed by atoms with E-state index in [2.05, 4.69) is 9.88 Å². The highest BCUT2D eigenvalue weighted by molar-refractivity contribution is 7.09. The summed E-state index contributed by atoms with van der Waals surface area (Å²) < 4.78 is 4.93. The van der Waals surface area contributed by atoms with E-state index in [-0.39, 0.29) is 18.4 Å². The first-order valence-electron chi connectivity index (χ1n) is 7.55. The lowest BCUT2D eigenvalue weighted by Gasteiger charge is -2.40. The second-order valence-electron chi connectivity index (χ2n) is 5.85. The average Bonchev–Trinajstić information content (AvgIpc) is 2.91. The predicted molar refractivity (Wildman–Crippen MR) is 88.2 cm³/mol. The number of carbonyl (C=O) groups is 2. The van der Waals surface area contributed by atoms with Crippen molar-refractivity contribution in [1.82, 2.24) is 19.7 Å². The van der Waals surface area contributed by atoms with E-state index in [4.69, 9.17) is 4.74 Å². The molecule has 8 heteroatoms. The molecule has 1 atom stereocenters. The summed E-state index contributed by atoms with van der Waals surface area (Å²) in [7, 11) is 5.20. The fraction of sp³-hybridized carbons (Fsp3) is 0.667.